The third-order valence-electron chi connectivity index (χ3n) is 6.82. The fraction of sp³-hybridized carbons (Fsp3) is 0.250. The van der Waals surface area contributed by atoms with Gasteiger partial charge in [0.2, 0.25) is 0 Å². The highest BCUT2D eigenvalue weighted by Gasteiger charge is 2.37. The molecule has 1 aliphatic rings. The molecule has 3 aromatic carbocycles. The standard InChI is InChI=1S/C28H28ClN3O/c29-25-12-11-22(27(33)19-25)20-32-16-13-26(30-32)21-31-17-14-28(15-18-31,23-7-3-1-4-8-23)24-9-5-2-6-10-24/h1-13,16,19,33H,14-15,17-18,20-21H2. The molecule has 5 heteroatoms. The predicted molar refractivity (Wildman–Crippen MR) is 133 cm³/mol. The van der Waals surface area contributed by atoms with E-state index in [4.69, 9.17) is 16.7 Å². The molecule has 5 rings (SSSR count). The molecule has 4 nitrogen and oxygen atoms in total. The Balaban J connectivity index is 1.27. The number of aromatic hydroxyl groups is 1. The Morgan fingerprint density at radius 3 is 2.06 bits per heavy atom. The van der Waals surface area contributed by atoms with Gasteiger partial charge in [-0.15, -0.1) is 0 Å². The summed E-state index contributed by atoms with van der Waals surface area (Å²) in [4.78, 5) is 2.50. The van der Waals surface area contributed by atoms with E-state index in [9.17, 15) is 5.11 Å². The van der Waals surface area contributed by atoms with E-state index in [2.05, 4.69) is 71.6 Å². The summed E-state index contributed by atoms with van der Waals surface area (Å²) in [5, 5.41) is 15.4. The lowest BCUT2D eigenvalue weighted by atomic mass is 9.68. The van der Waals surface area contributed by atoms with Crippen molar-refractivity contribution in [2.45, 2.75) is 31.3 Å². The minimum absolute atomic E-state index is 0.0600. The first-order chi connectivity index (χ1) is 16.1. The maximum absolute atomic E-state index is 10.1. The molecule has 2 heterocycles. The highest BCUT2D eigenvalue weighted by molar-refractivity contribution is 6.30. The molecule has 1 fully saturated rings. The van der Waals surface area contributed by atoms with Gasteiger partial charge in [-0.25, -0.2) is 0 Å². The van der Waals surface area contributed by atoms with Crippen LogP contribution in [0, 0.1) is 0 Å². The lowest BCUT2D eigenvalue weighted by Gasteiger charge is -2.42. The summed E-state index contributed by atoms with van der Waals surface area (Å²) in [5.74, 6) is 0.203. The number of phenolic OH excluding ortho intramolecular Hbond substituents is 1. The number of likely N-dealkylation sites (tertiary alicyclic amines) is 1. The molecule has 1 aromatic heterocycles. The molecule has 0 amide bonds. The summed E-state index contributed by atoms with van der Waals surface area (Å²) in [6.07, 6.45) is 4.15. The molecule has 1 N–H and O–H groups in total. The largest absolute Gasteiger partial charge is 0.508 e. The van der Waals surface area contributed by atoms with E-state index in [1.807, 2.05) is 16.9 Å². The van der Waals surface area contributed by atoms with E-state index in [-0.39, 0.29) is 11.2 Å². The number of aromatic nitrogens is 2. The van der Waals surface area contributed by atoms with Gasteiger partial charge in [-0.2, -0.15) is 5.10 Å². The molecule has 0 radical (unpaired) electrons. The monoisotopic (exact) mass is 457 g/mol. The molecule has 0 saturated carbocycles. The zero-order chi connectivity index (χ0) is 22.7. The average Bonchev–Trinajstić information content (AvgIpc) is 3.29. The number of hydrogen-bond acceptors (Lipinski definition) is 3. The Morgan fingerprint density at radius 1 is 0.818 bits per heavy atom. The van der Waals surface area contributed by atoms with Crippen molar-refractivity contribution in [3.8, 4) is 5.75 Å². The maximum Gasteiger partial charge on any atom is 0.122 e. The van der Waals surface area contributed by atoms with Crippen LogP contribution in [0.5, 0.6) is 5.75 Å². The maximum atomic E-state index is 10.1. The first-order valence-corrected chi connectivity index (χ1v) is 11.8. The minimum Gasteiger partial charge on any atom is -0.508 e. The molecular weight excluding hydrogens is 430 g/mol. The van der Waals surface area contributed by atoms with E-state index in [1.54, 1.807) is 12.1 Å². The van der Waals surface area contributed by atoms with E-state index >= 15 is 0 Å². The number of rotatable bonds is 6. The molecule has 0 spiro atoms. The van der Waals surface area contributed by atoms with Gasteiger partial charge in [0, 0.05) is 28.7 Å². The Labute approximate surface area is 200 Å². The molecule has 0 aliphatic carbocycles. The number of benzene rings is 3. The fourth-order valence-electron chi connectivity index (χ4n) is 5.00. The first kappa shape index (κ1) is 21.7. The van der Waals surface area contributed by atoms with Crippen LogP contribution in [0.2, 0.25) is 5.02 Å². The Bertz CT molecular complexity index is 1160. The van der Waals surface area contributed by atoms with Gasteiger partial charge < -0.3 is 5.11 Å². The molecular formula is C28H28ClN3O. The normalized spacial score (nSPS) is 16.0. The van der Waals surface area contributed by atoms with Crippen LogP contribution in [0.15, 0.2) is 91.1 Å². The highest BCUT2D eigenvalue weighted by atomic mass is 35.5. The van der Waals surface area contributed by atoms with Crippen molar-refractivity contribution in [2.75, 3.05) is 13.1 Å². The topological polar surface area (TPSA) is 41.3 Å². The van der Waals surface area contributed by atoms with Gasteiger partial charge >= 0.3 is 0 Å². The smallest absolute Gasteiger partial charge is 0.122 e. The Hall–Kier alpha value is -3.08. The lowest BCUT2D eigenvalue weighted by Crippen LogP contribution is -2.43. The Kier molecular flexibility index (Phi) is 6.21. The van der Waals surface area contributed by atoms with Gasteiger partial charge in [0.15, 0.2) is 0 Å². The van der Waals surface area contributed by atoms with Crippen LogP contribution in [0.3, 0.4) is 0 Å². The highest BCUT2D eigenvalue weighted by Crippen LogP contribution is 2.41. The molecule has 4 aromatic rings. The predicted octanol–water partition coefficient (Wildman–Crippen LogP) is 5.87. The van der Waals surface area contributed by atoms with Crippen LogP contribution in [-0.2, 0) is 18.5 Å². The fourth-order valence-corrected chi connectivity index (χ4v) is 5.17. The molecule has 1 aliphatic heterocycles. The molecule has 0 atom stereocenters. The summed E-state index contributed by atoms with van der Waals surface area (Å²) in [7, 11) is 0. The van der Waals surface area contributed by atoms with E-state index in [1.165, 1.54) is 11.1 Å². The zero-order valence-corrected chi connectivity index (χ0v) is 19.3. The van der Waals surface area contributed by atoms with Crippen LogP contribution in [-0.4, -0.2) is 32.9 Å². The van der Waals surface area contributed by atoms with Gasteiger partial charge in [-0.05, 0) is 55.3 Å². The summed E-state index contributed by atoms with van der Waals surface area (Å²) in [6, 6.07) is 29.2. The minimum atomic E-state index is 0.0600. The summed E-state index contributed by atoms with van der Waals surface area (Å²) in [5.41, 5.74) is 4.73. The average molecular weight is 458 g/mol. The summed E-state index contributed by atoms with van der Waals surface area (Å²) in [6.45, 7) is 3.40. The van der Waals surface area contributed by atoms with Gasteiger partial charge in [-0.1, -0.05) is 78.3 Å². The second-order valence-corrected chi connectivity index (χ2v) is 9.30. The van der Waals surface area contributed by atoms with Crippen molar-refractivity contribution in [1.29, 1.82) is 0 Å². The van der Waals surface area contributed by atoms with Crippen molar-refractivity contribution < 1.29 is 5.11 Å². The van der Waals surface area contributed by atoms with Gasteiger partial charge in [0.05, 0.1) is 12.2 Å². The molecule has 0 bridgehead atoms. The molecule has 0 unspecified atom stereocenters. The number of hydrogen-bond donors (Lipinski definition) is 1. The van der Waals surface area contributed by atoms with Crippen LogP contribution in [0.1, 0.15) is 35.2 Å². The summed E-state index contributed by atoms with van der Waals surface area (Å²) < 4.78 is 1.88. The van der Waals surface area contributed by atoms with Crippen molar-refractivity contribution in [1.82, 2.24) is 14.7 Å². The van der Waals surface area contributed by atoms with Gasteiger partial charge in [0.1, 0.15) is 5.75 Å². The van der Waals surface area contributed by atoms with Crippen LogP contribution >= 0.6 is 11.6 Å². The van der Waals surface area contributed by atoms with E-state index < -0.39 is 0 Å². The van der Waals surface area contributed by atoms with Crippen molar-refractivity contribution in [3.05, 3.63) is 119 Å². The molecule has 168 valence electrons. The van der Waals surface area contributed by atoms with Gasteiger partial charge in [0.25, 0.3) is 0 Å². The first-order valence-electron chi connectivity index (χ1n) is 11.5. The number of piperidine rings is 1. The Morgan fingerprint density at radius 2 is 1.45 bits per heavy atom. The van der Waals surface area contributed by atoms with E-state index in [0.717, 1.165) is 43.7 Å². The van der Waals surface area contributed by atoms with Gasteiger partial charge in [-0.3, -0.25) is 9.58 Å². The van der Waals surface area contributed by atoms with Crippen LogP contribution < -0.4 is 0 Å². The van der Waals surface area contributed by atoms with Crippen molar-refractivity contribution in [2.24, 2.45) is 0 Å². The van der Waals surface area contributed by atoms with Crippen molar-refractivity contribution >= 4 is 11.6 Å². The second-order valence-electron chi connectivity index (χ2n) is 8.87. The number of halogens is 1. The van der Waals surface area contributed by atoms with Crippen LogP contribution in [0.4, 0.5) is 0 Å². The lowest BCUT2D eigenvalue weighted by molar-refractivity contribution is 0.170. The second kappa shape index (κ2) is 9.42. The third-order valence-corrected chi connectivity index (χ3v) is 7.06. The van der Waals surface area contributed by atoms with Crippen molar-refractivity contribution in [3.63, 3.8) is 0 Å². The number of phenols is 1. The zero-order valence-electron chi connectivity index (χ0n) is 18.6. The number of nitrogens with zero attached hydrogens (tertiary/aromatic N) is 3. The molecule has 1 saturated heterocycles. The van der Waals surface area contributed by atoms with E-state index in [0.29, 0.717) is 11.6 Å². The summed E-state index contributed by atoms with van der Waals surface area (Å²) >= 11 is 5.94. The SMILES string of the molecule is Oc1cc(Cl)ccc1Cn1ccc(CN2CCC(c3ccccc3)(c3ccccc3)CC2)n1. The third kappa shape index (κ3) is 4.68. The quantitative estimate of drug-likeness (QED) is 0.393. The molecule has 33 heavy (non-hydrogen) atoms. The van der Waals surface area contributed by atoms with Crippen LogP contribution in [0.25, 0.3) is 0 Å².